The van der Waals surface area contributed by atoms with Crippen molar-refractivity contribution in [2.45, 2.75) is 36.6 Å². The summed E-state index contributed by atoms with van der Waals surface area (Å²) in [5, 5.41) is 11.9. The third-order valence-electron chi connectivity index (χ3n) is 5.79. The van der Waals surface area contributed by atoms with Crippen LogP contribution in [-0.2, 0) is 14.8 Å². The van der Waals surface area contributed by atoms with Crippen LogP contribution < -0.4 is 10.0 Å². The van der Waals surface area contributed by atoms with Gasteiger partial charge >= 0.3 is 0 Å². The first kappa shape index (κ1) is 20.5. The SMILES string of the molecule is CCN1CCCC1CNS(=O)(=O)c1ccc(C2C(=O)Nc3ccc(C#N)cc32)nc1. The molecular weight excluding hydrogens is 402 g/mol. The molecule has 1 aromatic carbocycles. The molecule has 1 saturated heterocycles. The average Bonchev–Trinajstić information content (AvgIpc) is 3.34. The Labute approximate surface area is 176 Å². The van der Waals surface area contributed by atoms with Gasteiger partial charge in [-0.05, 0) is 61.8 Å². The number of hydrogen-bond acceptors (Lipinski definition) is 6. The first-order valence-corrected chi connectivity index (χ1v) is 11.5. The molecule has 30 heavy (non-hydrogen) atoms. The van der Waals surface area contributed by atoms with Crippen LogP contribution in [-0.4, -0.2) is 49.9 Å². The lowest BCUT2D eigenvalue weighted by atomic mass is 9.95. The Morgan fingerprint density at radius 2 is 2.17 bits per heavy atom. The van der Waals surface area contributed by atoms with E-state index in [4.69, 9.17) is 5.26 Å². The highest BCUT2D eigenvalue weighted by molar-refractivity contribution is 7.89. The van der Waals surface area contributed by atoms with Crippen molar-refractivity contribution in [2.75, 3.05) is 25.0 Å². The highest BCUT2D eigenvalue weighted by Gasteiger charge is 2.33. The molecule has 1 amide bonds. The molecule has 2 N–H and O–H groups in total. The second-order valence-corrected chi connectivity index (χ2v) is 9.30. The summed E-state index contributed by atoms with van der Waals surface area (Å²) >= 11 is 0. The molecule has 2 aromatic rings. The van der Waals surface area contributed by atoms with Crippen molar-refractivity contribution in [1.82, 2.24) is 14.6 Å². The zero-order valence-electron chi connectivity index (χ0n) is 16.6. The number of aromatic nitrogens is 1. The van der Waals surface area contributed by atoms with Crippen molar-refractivity contribution in [3.63, 3.8) is 0 Å². The third-order valence-corrected chi connectivity index (χ3v) is 7.20. The number of nitrogens with zero attached hydrogens (tertiary/aromatic N) is 3. The molecule has 2 atom stereocenters. The number of carbonyl (C=O) groups excluding carboxylic acids is 1. The summed E-state index contributed by atoms with van der Waals surface area (Å²) in [5.74, 6) is -0.920. The lowest BCUT2D eigenvalue weighted by Crippen LogP contribution is -2.40. The van der Waals surface area contributed by atoms with Gasteiger partial charge < -0.3 is 5.32 Å². The highest BCUT2D eigenvalue weighted by atomic mass is 32.2. The second kappa shape index (κ2) is 8.14. The summed E-state index contributed by atoms with van der Waals surface area (Å²) in [6, 6.07) is 10.3. The average molecular weight is 426 g/mol. The Morgan fingerprint density at radius 3 is 2.87 bits per heavy atom. The Morgan fingerprint density at radius 1 is 1.33 bits per heavy atom. The second-order valence-electron chi connectivity index (χ2n) is 7.53. The number of carbonyl (C=O) groups is 1. The standard InChI is InChI=1S/C21H23N5O3S/c1-2-26-9-3-4-15(26)12-24-30(28,29)16-6-8-19(23-13-16)20-17-10-14(11-22)5-7-18(17)25-21(20)27/h5-8,10,13,15,20,24H,2-4,9,12H2,1H3,(H,25,27). The summed E-state index contributed by atoms with van der Waals surface area (Å²) < 4.78 is 28.0. The highest BCUT2D eigenvalue weighted by Crippen LogP contribution is 2.37. The van der Waals surface area contributed by atoms with Crippen molar-refractivity contribution in [2.24, 2.45) is 0 Å². The summed E-state index contributed by atoms with van der Waals surface area (Å²) in [5.41, 5.74) is 2.20. The van der Waals surface area contributed by atoms with E-state index in [-0.39, 0.29) is 16.8 Å². The first-order chi connectivity index (χ1) is 14.4. The fourth-order valence-corrected chi connectivity index (χ4v) is 5.20. The molecule has 1 aromatic heterocycles. The Hall–Kier alpha value is -2.80. The largest absolute Gasteiger partial charge is 0.325 e. The third kappa shape index (κ3) is 3.81. The van der Waals surface area contributed by atoms with Gasteiger partial charge in [-0.25, -0.2) is 13.1 Å². The number of pyridine rings is 1. The van der Waals surface area contributed by atoms with Gasteiger partial charge in [0.1, 0.15) is 10.8 Å². The molecule has 2 aliphatic heterocycles. The van der Waals surface area contributed by atoms with E-state index < -0.39 is 15.9 Å². The fraction of sp³-hybridized carbons (Fsp3) is 0.381. The van der Waals surface area contributed by atoms with E-state index in [1.54, 1.807) is 24.3 Å². The Bertz CT molecular complexity index is 1110. The normalized spacial score (nSPS) is 21.3. The monoisotopic (exact) mass is 425 g/mol. The number of hydrogen-bond donors (Lipinski definition) is 2. The van der Waals surface area contributed by atoms with Crippen LogP contribution in [0.1, 0.15) is 42.5 Å². The van der Waals surface area contributed by atoms with Gasteiger partial charge in [-0.1, -0.05) is 6.92 Å². The predicted octanol–water partition coefficient (Wildman–Crippen LogP) is 1.80. The minimum absolute atomic E-state index is 0.0664. The molecule has 0 bridgehead atoms. The van der Waals surface area contributed by atoms with Gasteiger partial charge in [-0.15, -0.1) is 0 Å². The number of likely N-dealkylation sites (tertiary alicyclic amines) is 1. The zero-order valence-corrected chi connectivity index (χ0v) is 17.4. The predicted molar refractivity (Wildman–Crippen MR) is 111 cm³/mol. The molecule has 0 saturated carbocycles. The Kier molecular flexibility index (Phi) is 5.56. The Balaban J connectivity index is 1.52. The number of fused-ring (bicyclic) bond motifs is 1. The number of anilines is 1. The maximum atomic E-state index is 12.7. The number of sulfonamides is 1. The molecule has 2 aliphatic rings. The van der Waals surface area contributed by atoms with Gasteiger partial charge in [0.25, 0.3) is 0 Å². The van der Waals surface area contributed by atoms with Gasteiger partial charge in [0.05, 0.1) is 17.3 Å². The van der Waals surface area contributed by atoms with Crippen LogP contribution in [0.5, 0.6) is 0 Å². The van der Waals surface area contributed by atoms with E-state index >= 15 is 0 Å². The lowest BCUT2D eigenvalue weighted by Gasteiger charge is -2.22. The van der Waals surface area contributed by atoms with Crippen LogP contribution in [0, 0.1) is 11.3 Å². The molecule has 4 rings (SSSR count). The smallest absolute Gasteiger partial charge is 0.242 e. The van der Waals surface area contributed by atoms with Crippen LogP contribution in [0.25, 0.3) is 0 Å². The number of nitrogens with one attached hydrogen (secondary N) is 2. The van der Waals surface area contributed by atoms with Gasteiger partial charge in [0.15, 0.2) is 0 Å². The summed E-state index contributed by atoms with van der Waals surface area (Å²) in [6.45, 7) is 4.35. The minimum Gasteiger partial charge on any atom is -0.325 e. The van der Waals surface area contributed by atoms with Crippen molar-refractivity contribution in [1.29, 1.82) is 5.26 Å². The summed E-state index contributed by atoms with van der Waals surface area (Å²) in [6.07, 6.45) is 3.34. The molecule has 3 heterocycles. The number of amides is 1. The molecule has 9 heteroatoms. The van der Waals surface area contributed by atoms with Crippen molar-refractivity contribution < 1.29 is 13.2 Å². The van der Waals surface area contributed by atoms with Crippen LogP contribution in [0.3, 0.4) is 0 Å². The van der Waals surface area contributed by atoms with E-state index in [0.717, 1.165) is 25.9 Å². The molecular formula is C21H23N5O3S. The van der Waals surface area contributed by atoms with Gasteiger partial charge in [-0.3, -0.25) is 14.7 Å². The maximum absolute atomic E-state index is 12.7. The molecule has 0 radical (unpaired) electrons. The zero-order chi connectivity index (χ0) is 21.3. The van der Waals surface area contributed by atoms with Crippen LogP contribution >= 0.6 is 0 Å². The van der Waals surface area contributed by atoms with E-state index in [0.29, 0.717) is 29.1 Å². The van der Waals surface area contributed by atoms with E-state index in [1.165, 1.54) is 12.3 Å². The van der Waals surface area contributed by atoms with Crippen LogP contribution in [0.15, 0.2) is 41.4 Å². The number of likely N-dealkylation sites (N-methyl/N-ethyl adjacent to an activating group) is 1. The molecule has 1 fully saturated rings. The van der Waals surface area contributed by atoms with E-state index in [9.17, 15) is 13.2 Å². The quantitative estimate of drug-likeness (QED) is 0.729. The van der Waals surface area contributed by atoms with Crippen molar-refractivity contribution in [3.8, 4) is 6.07 Å². The summed E-state index contributed by atoms with van der Waals surface area (Å²) in [4.78, 5) is 19.1. The van der Waals surface area contributed by atoms with Crippen molar-refractivity contribution in [3.05, 3.63) is 53.3 Å². The lowest BCUT2D eigenvalue weighted by molar-refractivity contribution is -0.116. The topological polar surface area (TPSA) is 115 Å². The molecule has 2 unspecified atom stereocenters. The molecule has 156 valence electrons. The number of rotatable bonds is 6. The fourth-order valence-electron chi connectivity index (χ4n) is 4.18. The maximum Gasteiger partial charge on any atom is 0.242 e. The van der Waals surface area contributed by atoms with Gasteiger partial charge in [-0.2, -0.15) is 5.26 Å². The number of nitriles is 1. The molecule has 0 spiro atoms. The number of benzene rings is 1. The van der Waals surface area contributed by atoms with Gasteiger partial charge in [0, 0.05) is 24.5 Å². The summed E-state index contributed by atoms with van der Waals surface area (Å²) in [7, 11) is -3.69. The van der Waals surface area contributed by atoms with E-state index in [1.807, 2.05) is 0 Å². The minimum atomic E-state index is -3.69. The molecule has 0 aliphatic carbocycles. The first-order valence-electron chi connectivity index (χ1n) is 9.97. The van der Waals surface area contributed by atoms with E-state index in [2.05, 4.69) is 32.9 Å². The molecule has 8 nitrogen and oxygen atoms in total. The van der Waals surface area contributed by atoms with Gasteiger partial charge in [0.2, 0.25) is 15.9 Å². The van der Waals surface area contributed by atoms with Crippen LogP contribution in [0.2, 0.25) is 0 Å². The van der Waals surface area contributed by atoms with Crippen molar-refractivity contribution >= 4 is 21.6 Å². The van der Waals surface area contributed by atoms with Crippen LogP contribution in [0.4, 0.5) is 5.69 Å².